The summed E-state index contributed by atoms with van der Waals surface area (Å²) >= 11 is 4.57. The van der Waals surface area contributed by atoms with Crippen molar-refractivity contribution in [1.82, 2.24) is 4.72 Å². The number of hydrogen-bond donors (Lipinski definition) is 2. The van der Waals surface area contributed by atoms with Gasteiger partial charge in [0, 0.05) is 12.1 Å². The normalized spacial score (nSPS) is 13.3. The summed E-state index contributed by atoms with van der Waals surface area (Å²) in [5, 5.41) is -1.08. The van der Waals surface area contributed by atoms with Crippen LogP contribution in [0, 0.1) is 11.6 Å². The van der Waals surface area contributed by atoms with Gasteiger partial charge in [-0.2, -0.15) is 0 Å². The molecule has 3 N–H and O–H groups in total. The van der Waals surface area contributed by atoms with Crippen molar-refractivity contribution < 1.29 is 17.2 Å². The molecule has 0 saturated carbocycles. The maximum atomic E-state index is 13.3. The first kappa shape index (κ1) is 14.9. The molecule has 1 rings (SSSR count). The molecule has 0 aromatic heterocycles. The average molecular weight is 294 g/mol. The number of hydrogen-bond acceptors (Lipinski definition) is 3. The summed E-state index contributed by atoms with van der Waals surface area (Å²) < 4.78 is 51.5. The van der Waals surface area contributed by atoms with Crippen molar-refractivity contribution in [3.63, 3.8) is 0 Å². The van der Waals surface area contributed by atoms with Crippen LogP contribution < -0.4 is 10.5 Å². The fourth-order valence-corrected chi connectivity index (χ4v) is 2.43. The summed E-state index contributed by atoms with van der Waals surface area (Å²) in [4.78, 5) is -0.192. The van der Waals surface area contributed by atoms with Crippen LogP contribution in [-0.2, 0) is 16.6 Å². The van der Waals surface area contributed by atoms with Crippen LogP contribution in [0.5, 0.6) is 0 Å². The quantitative estimate of drug-likeness (QED) is 0.797. The van der Waals surface area contributed by atoms with E-state index in [1.807, 2.05) is 0 Å². The van der Waals surface area contributed by atoms with Gasteiger partial charge in [0.1, 0.15) is 16.9 Å². The summed E-state index contributed by atoms with van der Waals surface area (Å²) in [5.41, 5.74) is 5.13. The molecular weight excluding hydrogens is 282 g/mol. The van der Waals surface area contributed by atoms with Gasteiger partial charge >= 0.3 is 0 Å². The fraction of sp³-hybridized carbons (Fsp3) is 0.300. The Balaban J connectivity index is 2.82. The molecule has 1 aromatic rings. The van der Waals surface area contributed by atoms with Gasteiger partial charge in [-0.05, 0) is 25.1 Å². The predicted octanol–water partition coefficient (Wildman–Crippen LogP) is 1.06. The van der Waals surface area contributed by atoms with Gasteiger partial charge in [-0.25, -0.2) is 21.9 Å². The van der Waals surface area contributed by atoms with Crippen molar-refractivity contribution in [3.8, 4) is 0 Å². The summed E-state index contributed by atoms with van der Waals surface area (Å²) in [6, 6.07) is 2.80. The number of thiocarbonyl (C=S) groups is 1. The van der Waals surface area contributed by atoms with E-state index in [4.69, 9.17) is 5.73 Å². The molecule has 0 bridgehead atoms. The molecule has 4 nitrogen and oxygen atoms in total. The molecule has 1 unspecified atom stereocenters. The number of nitrogens with one attached hydrogen (secondary N) is 1. The van der Waals surface area contributed by atoms with Crippen LogP contribution in [0.25, 0.3) is 0 Å². The van der Waals surface area contributed by atoms with Crippen molar-refractivity contribution in [2.24, 2.45) is 5.73 Å². The first-order valence-electron chi connectivity index (χ1n) is 4.96. The molecule has 18 heavy (non-hydrogen) atoms. The van der Waals surface area contributed by atoms with E-state index in [1.165, 1.54) is 6.92 Å². The second-order valence-electron chi connectivity index (χ2n) is 3.65. The van der Waals surface area contributed by atoms with Gasteiger partial charge in [0.25, 0.3) is 0 Å². The fourth-order valence-electron chi connectivity index (χ4n) is 1.14. The van der Waals surface area contributed by atoms with Gasteiger partial charge in [-0.15, -0.1) is 0 Å². The Bertz CT molecular complexity index is 561. The van der Waals surface area contributed by atoms with E-state index in [9.17, 15) is 17.2 Å². The third kappa shape index (κ3) is 3.69. The molecule has 0 aliphatic carbocycles. The maximum Gasteiger partial charge on any atom is 0.221 e. The molecule has 100 valence electrons. The maximum absolute atomic E-state index is 13.3. The largest absolute Gasteiger partial charge is 0.392 e. The molecule has 0 amide bonds. The Hall–Kier alpha value is -1.12. The molecule has 0 saturated heterocycles. The van der Waals surface area contributed by atoms with Crippen LogP contribution in [0.4, 0.5) is 8.78 Å². The van der Waals surface area contributed by atoms with Crippen molar-refractivity contribution in [2.75, 3.05) is 0 Å². The number of benzene rings is 1. The Morgan fingerprint density at radius 1 is 1.50 bits per heavy atom. The van der Waals surface area contributed by atoms with E-state index in [0.717, 1.165) is 18.2 Å². The minimum atomic E-state index is -3.79. The monoisotopic (exact) mass is 294 g/mol. The van der Waals surface area contributed by atoms with Crippen molar-refractivity contribution in [1.29, 1.82) is 0 Å². The third-order valence-electron chi connectivity index (χ3n) is 2.34. The van der Waals surface area contributed by atoms with Crippen molar-refractivity contribution in [3.05, 3.63) is 35.4 Å². The van der Waals surface area contributed by atoms with Crippen LogP contribution in [0.1, 0.15) is 12.5 Å². The number of sulfonamides is 1. The van der Waals surface area contributed by atoms with E-state index in [1.54, 1.807) is 0 Å². The number of rotatable bonds is 5. The van der Waals surface area contributed by atoms with Gasteiger partial charge in [-0.3, -0.25) is 0 Å². The smallest absolute Gasteiger partial charge is 0.221 e. The SMILES string of the molecule is CC(C(N)=S)S(=O)(=O)NCc1cc(F)ccc1F. The van der Waals surface area contributed by atoms with Crippen molar-refractivity contribution in [2.45, 2.75) is 18.7 Å². The minimum absolute atomic E-state index is 0.0892. The molecule has 0 aliphatic heterocycles. The van der Waals surface area contributed by atoms with Gasteiger partial charge in [-0.1, -0.05) is 12.2 Å². The van der Waals surface area contributed by atoms with E-state index in [0.29, 0.717) is 0 Å². The van der Waals surface area contributed by atoms with Crippen LogP contribution in [0.2, 0.25) is 0 Å². The standard InChI is InChI=1S/C10H12F2N2O2S2/c1-6(10(13)17)18(15,16)14-5-7-4-8(11)2-3-9(7)12/h2-4,6,14H,5H2,1H3,(H2,13,17). The highest BCUT2D eigenvalue weighted by Crippen LogP contribution is 2.10. The lowest BCUT2D eigenvalue weighted by atomic mass is 10.2. The Morgan fingerprint density at radius 3 is 2.67 bits per heavy atom. The summed E-state index contributed by atoms with van der Waals surface area (Å²) in [7, 11) is -3.79. The molecule has 0 spiro atoms. The first-order chi connectivity index (χ1) is 8.24. The zero-order chi connectivity index (χ0) is 13.9. The Kier molecular flexibility index (Phi) is 4.71. The van der Waals surface area contributed by atoms with Gasteiger partial charge < -0.3 is 5.73 Å². The highest BCUT2D eigenvalue weighted by atomic mass is 32.2. The van der Waals surface area contributed by atoms with Crippen LogP contribution in [-0.4, -0.2) is 18.7 Å². The van der Waals surface area contributed by atoms with E-state index in [2.05, 4.69) is 16.9 Å². The van der Waals surface area contributed by atoms with Gasteiger partial charge in [0.05, 0.1) is 4.99 Å². The number of halogens is 2. The average Bonchev–Trinajstić information content (AvgIpc) is 2.29. The van der Waals surface area contributed by atoms with Gasteiger partial charge in [0.15, 0.2) is 0 Å². The second-order valence-corrected chi connectivity index (χ2v) is 6.20. The summed E-state index contributed by atoms with van der Waals surface area (Å²) in [5.74, 6) is -1.34. The highest BCUT2D eigenvalue weighted by molar-refractivity contribution is 7.93. The van der Waals surface area contributed by atoms with E-state index < -0.39 is 26.9 Å². The van der Waals surface area contributed by atoms with E-state index >= 15 is 0 Å². The zero-order valence-corrected chi connectivity index (χ0v) is 11.1. The third-order valence-corrected chi connectivity index (χ3v) is 4.57. The molecule has 1 atom stereocenters. The molecule has 0 heterocycles. The van der Waals surface area contributed by atoms with Gasteiger partial charge in [0.2, 0.25) is 10.0 Å². The first-order valence-corrected chi connectivity index (χ1v) is 6.91. The topological polar surface area (TPSA) is 72.2 Å². The van der Waals surface area contributed by atoms with Crippen LogP contribution >= 0.6 is 12.2 Å². The van der Waals surface area contributed by atoms with Crippen molar-refractivity contribution >= 4 is 27.2 Å². The predicted molar refractivity (Wildman–Crippen MR) is 68.4 cm³/mol. The zero-order valence-electron chi connectivity index (χ0n) is 9.48. The van der Waals surface area contributed by atoms with Crippen LogP contribution in [0.3, 0.4) is 0 Å². The summed E-state index contributed by atoms with van der Waals surface area (Å²) in [6.45, 7) is 0.950. The molecule has 0 fully saturated rings. The lowest BCUT2D eigenvalue weighted by Crippen LogP contribution is -2.39. The summed E-state index contributed by atoms with van der Waals surface area (Å²) in [6.07, 6.45) is 0. The molecular formula is C10H12F2N2O2S2. The lowest BCUT2D eigenvalue weighted by Gasteiger charge is -2.12. The highest BCUT2D eigenvalue weighted by Gasteiger charge is 2.23. The number of nitrogens with two attached hydrogens (primary N) is 1. The Morgan fingerprint density at radius 2 is 2.11 bits per heavy atom. The van der Waals surface area contributed by atoms with E-state index in [-0.39, 0.29) is 17.1 Å². The lowest BCUT2D eigenvalue weighted by molar-refractivity contribution is 0.565. The molecule has 1 aromatic carbocycles. The molecule has 8 heteroatoms. The minimum Gasteiger partial charge on any atom is -0.392 e. The molecule has 0 radical (unpaired) electrons. The molecule has 0 aliphatic rings. The Labute approximate surface area is 109 Å². The second kappa shape index (κ2) is 5.68. The van der Waals surface area contributed by atoms with Crippen LogP contribution in [0.15, 0.2) is 18.2 Å².